The summed E-state index contributed by atoms with van der Waals surface area (Å²) in [6, 6.07) is 23.5. The summed E-state index contributed by atoms with van der Waals surface area (Å²) < 4.78 is 15.6. The molecule has 1 amide bonds. The summed E-state index contributed by atoms with van der Waals surface area (Å²) in [6.07, 6.45) is 1.61. The SMILES string of the molecule is C[C@@H](CCc1ccccc1)NC(=O)c1c(N)n(-c2cccc(F)c2)c2nc3ccccc3nc12. The number of para-hydroxylation sites is 2. The molecule has 1 atom stereocenters. The Morgan fingerprint density at radius 2 is 1.71 bits per heavy atom. The van der Waals surface area contributed by atoms with E-state index < -0.39 is 5.82 Å². The fourth-order valence-electron chi connectivity index (χ4n) is 4.16. The highest BCUT2D eigenvalue weighted by molar-refractivity contribution is 6.11. The van der Waals surface area contributed by atoms with Crippen molar-refractivity contribution >= 4 is 33.9 Å². The molecule has 0 aliphatic rings. The molecule has 0 radical (unpaired) electrons. The van der Waals surface area contributed by atoms with Gasteiger partial charge in [0.1, 0.15) is 22.7 Å². The van der Waals surface area contributed by atoms with E-state index in [0.29, 0.717) is 27.9 Å². The van der Waals surface area contributed by atoms with Gasteiger partial charge in [0.15, 0.2) is 5.65 Å². The van der Waals surface area contributed by atoms with Gasteiger partial charge in [-0.1, -0.05) is 48.5 Å². The molecule has 6 nitrogen and oxygen atoms in total. The minimum absolute atomic E-state index is 0.0897. The van der Waals surface area contributed by atoms with Crippen molar-refractivity contribution in [2.24, 2.45) is 0 Å². The van der Waals surface area contributed by atoms with Crippen molar-refractivity contribution in [1.29, 1.82) is 0 Å². The first kappa shape index (κ1) is 21.6. The number of rotatable bonds is 6. The van der Waals surface area contributed by atoms with Crippen molar-refractivity contribution < 1.29 is 9.18 Å². The lowest BCUT2D eigenvalue weighted by atomic mass is 10.1. The van der Waals surface area contributed by atoms with Crippen LogP contribution in [0.3, 0.4) is 0 Å². The van der Waals surface area contributed by atoms with Gasteiger partial charge in [-0.2, -0.15) is 0 Å². The van der Waals surface area contributed by atoms with E-state index in [9.17, 15) is 9.18 Å². The van der Waals surface area contributed by atoms with Gasteiger partial charge < -0.3 is 11.1 Å². The van der Waals surface area contributed by atoms with Gasteiger partial charge in [-0.05, 0) is 55.7 Å². The number of aryl methyl sites for hydroxylation is 1. The van der Waals surface area contributed by atoms with Crippen LogP contribution in [0.5, 0.6) is 0 Å². The predicted molar refractivity (Wildman–Crippen MR) is 132 cm³/mol. The summed E-state index contributed by atoms with van der Waals surface area (Å²) in [5.74, 6) is -0.570. The Hall–Kier alpha value is -4.26. The Bertz CT molecular complexity index is 1500. The molecule has 7 heteroatoms. The quantitative estimate of drug-likeness (QED) is 0.377. The Morgan fingerprint density at radius 1 is 1.00 bits per heavy atom. The molecule has 170 valence electrons. The molecule has 0 aliphatic heterocycles. The number of amides is 1. The highest BCUT2D eigenvalue weighted by Crippen LogP contribution is 2.31. The van der Waals surface area contributed by atoms with Gasteiger partial charge in [0.25, 0.3) is 5.91 Å². The normalized spacial score (nSPS) is 12.2. The number of nitrogens with zero attached hydrogens (tertiary/aromatic N) is 3. The van der Waals surface area contributed by atoms with Crippen LogP contribution in [-0.2, 0) is 6.42 Å². The molecule has 2 aromatic heterocycles. The van der Waals surface area contributed by atoms with Gasteiger partial charge >= 0.3 is 0 Å². The van der Waals surface area contributed by atoms with E-state index in [1.165, 1.54) is 17.7 Å². The van der Waals surface area contributed by atoms with Crippen LogP contribution in [0.1, 0.15) is 29.3 Å². The van der Waals surface area contributed by atoms with E-state index in [4.69, 9.17) is 15.7 Å². The number of halogens is 1. The fraction of sp³-hybridized carbons (Fsp3) is 0.148. The molecule has 2 heterocycles. The molecule has 3 aromatic carbocycles. The van der Waals surface area contributed by atoms with E-state index >= 15 is 0 Å². The molecule has 0 saturated heterocycles. The molecule has 5 rings (SSSR count). The van der Waals surface area contributed by atoms with Gasteiger partial charge in [-0.3, -0.25) is 9.36 Å². The molecule has 3 N–H and O–H groups in total. The van der Waals surface area contributed by atoms with Crippen LogP contribution in [0.15, 0.2) is 78.9 Å². The second-order valence-electron chi connectivity index (χ2n) is 8.36. The Morgan fingerprint density at radius 3 is 2.44 bits per heavy atom. The highest BCUT2D eigenvalue weighted by atomic mass is 19.1. The number of hydrogen-bond donors (Lipinski definition) is 2. The Labute approximate surface area is 196 Å². The third-order valence-corrected chi connectivity index (χ3v) is 5.88. The zero-order chi connectivity index (χ0) is 23.7. The number of nitrogens with two attached hydrogens (primary N) is 1. The van der Waals surface area contributed by atoms with Gasteiger partial charge in [0.05, 0.1) is 16.7 Å². The second-order valence-corrected chi connectivity index (χ2v) is 8.36. The van der Waals surface area contributed by atoms with Crippen LogP contribution in [0, 0.1) is 5.82 Å². The molecule has 5 aromatic rings. The van der Waals surface area contributed by atoms with Crippen LogP contribution in [-0.4, -0.2) is 26.5 Å². The Balaban J connectivity index is 1.55. The van der Waals surface area contributed by atoms with E-state index in [0.717, 1.165) is 12.8 Å². The van der Waals surface area contributed by atoms with Gasteiger partial charge in [0, 0.05) is 6.04 Å². The molecular weight excluding hydrogens is 429 g/mol. The lowest BCUT2D eigenvalue weighted by Crippen LogP contribution is -2.33. The Kier molecular flexibility index (Phi) is 5.67. The lowest BCUT2D eigenvalue weighted by Gasteiger charge is -2.14. The molecule has 0 aliphatic carbocycles. The molecule has 34 heavy (non-hydrogen) atoms. The maximum atomic E-state index is 14.0. The standard InChI is InChI=1S/C27H24FN5O/c1-17(14-15-18-8-3-2-4-9-18)30-27(34)23-24-26(32-22-13-6-5-12-21(22)31-24)33(25(23)29)20-11-7-10-19(28)16-20/h2-13,16-17H,14-15,29H2,1H3,(H,30,34)/t17-/m0/s1. The van der Waals surface area contributed by atoms with Crippen LogP contribution < -0.4 is 11.1 Å². The predicted octanol–water partition coefficient (Wildman–Crippen LogP) is 5.05. The van der Waals surface area contributed by atoms with Crippen LogP contribution in [0.2, 0.25) is 0 Å². The number of fused-ring (bicyclic) bond motifs is 2. The fourth-order valence-corrected chi connectivity index (χ4v) is 4.16. The third kappa shape index (κ3) is 4.08. The number of nitrogens with one attached hydrogen (secondary N) is 1. The highest BCUT2D eigenvalue weighted by Gasteiger charge is 2.25. The first-order valence-corrected chi connectivity index (χ1v) is 11.2. The third-order valence-electron chi connectivity index (χ3n) is 5.88. The van der Waals surface area contributed by atoms with Crippen molar-refractivity contribution in [2.75, 3.05) is 5.73 Å². The van der Waals surface area contributed by atoms with Gasteiger partial charge in [-0.25, -0.2) is 14.4 Å². The summed E-state index contributed by atoms with van der Waals surface area (Å²) in [5.41, 5.74) is 10.5. The average molecular weight is 454 g/mol. The van der Waals surface area contributed by atoms with Crippen LogP contribution in [0.25, 0.3) is 27.9 Å². The largest absolute Gasteiger partial charge is 0.384 e. The number of aromatic nitrogens is 3. The lowest BCUT2D eigenvalue weighted by molar-refractivity contribution is 0.0941. The minimum atomic E-state index is -0.409. The maximum absolute atomic E-state index is 14.0. The maximum Gasteiger partial charge on any atom is 0.257 e. The number of anilines is 1. The first-order chi connectivity index (χ1) is 16.5. The monoisotopic (exact) mass is 453 g/mol. The average Bonchev–Trinajstić information content (AvgIpc) is 3.12. The topological polar surface area (TPSA) is 85.8 Å². The summed E-state index contributed by atoms with van der Waals surface area (Å²) >= 11 is 0. The molecule has 0 unspecified atom stereocenters. The summed E-state index contributed by atoms with van der Waals surface area (Å²) in [7, 11) is 0. The zero-order valence-corrected chi connectivity index (χ0v) is 18.7. The number of carbonyl (C=O) groups excluding carboxylic acids is 1. The van der Waals surface area contributed by atoms with E-state index in [1.54, 1.807) is 16.7 Å². The molecule has 0 spiro atoms. The van der Waals surface area contributed by atoms with Crippen molar-refractivity contribution in [3.8, 4) is 5.69 Å². The van der Waals surface area contributed by atoms with Crippen molar-refractivity contribution in [3.63, 3.8) is 0 Å². The van der Waals surface area contributed by atoms with E-state index in [1.807, 2.05) is 49.4 Å². The second kappa shape index (κ2) is 8.94. The van der Waals surface area contributed by atoms with Crippen molar-refractivity contribution in [3.05, 3.63) is 95.8 Å². The summed E-state index contributed by atoms with van der Waals surface area (Å²) in [5, 5.41) is 3.05. The van der Waals surface area contributed by atoms with Crippen molar-refractivity contribution in [1.82, 2.24) is 19.9 Å². The number of nitrogen functional groups attached to an aromatic ring is 1. The summed E-state index contributed by atoms with van der Waals surface area (Å²) in [6.45, 7) is 1.96. The van der Waals surface area contributed by atoms with Crippen LogP contribution >= 0.6 is 0 Å². The van der Waals surface area contributed by atoms with Crippen molar-refractivity contribution in [2.45, 2.75) is 25.8 Å². The zero-order valence-electron chi connectivity index (χ0n) is 18.7. The van der Waals surface area contributed by atoms with Gasteiger partial charge in [0.2, 0.25) is 0 Å². The number of carbonyl (C=O) groups is 1. The minimum Gasteiger partial charge on any atom is -0.384 e. The molecule has 0 saturated carbocycles. The molecule has 0 fully saturated rings. The van der Waals surface area contributed by atoms with E-state index in [2.05, 4.69) is 17.4 Å². The smallest absolute Gasteiger partial charge is 0.257 e. The number of benzene rings is 3. The van der Waals surface area contributed by atoms with Gasteiger partial charge in [-0.15, -0.1) is 0 Å². The summed E-state index contributed by atoms with van der Waals surface area (Å²) in [4.78, 5) is 22.8. The first-order valence-electron chi connectivity index (χ1n) is 11.2. The number of hydrogen-bond acceptors (Lipinski definition) is 4. The molecular formula is C27H24FN5O. The van der Waals surface area contributed by atoms with E-state index in [-0.39, 0.29) is 23.3 Å². The molecule has 0 bridgehead atoms. The van der Waals surface area contributed by atoms with Crippen LogP contribution in [0.4, 0.5) is 10.2 Å².